The number of nitrogens with zero attached hydrogens (tertiary/aromatic N) is 1. The lowest BCUT2D eigenvalue weighted by Gasteiger charge is -2.23. The molecule has 0 amide bonds. The number of alkyl halides is 3. The largest absolute Gasteiger partial charge is 0.454 e. The topological polar surface area (TPSA) is 48.1 Å². The molecule has 33 heavy (non-hydrogen) atoms. The minimum absolute atomic E-state index is 0.183. The van der Waals surface area contributed by atoms with Crippen LogP contribution in [0.15, 0.2) is 66.9 Å². The fourth-order valence-corrected chi connectivity index (χ4v) is 4.85. The molecule has 0 saturated carbocycles. The van der Waals surface area contributed by atoms with E-state index in [1.807, 2.05) is 12.1 Å². The average Bonchev–Trinajstić information content (AvgIpc) is 3.44. The van der Waals surface area contributed by atoms with E-state index in [-0.39, 0.29) is 11.6 Å². The second-order valence-electron chi connectivity index (χ2n) is 8.65. The average molecular weight is 451 g/mol. The van der Waals surface area contributed by atoms with Crippen molar-refractivity contribution < 1.29 is 18.0 Å². The summed E-state index contributed by atoms with van der Waals surface area (Å²) in [4.78, 5) is 16.7. The number of hydrogen-bond donors (Lipinski definition) is 2. The Morgan fingerprint density at radius 2 is 1.88 bits per heavy atom. The van der Waals surface area contributed by atoms with E-state index in [1.54, 1.807) is 12.1 Å². The maximum Gasteiger partial charge on any atom is 0.454 e. The van der Waals surface area contributed by atoms with Crippen LogP contribution in [0.5, 0.6) is 0 Å². The van der Waals surface area contributed by atoms with E-state index < -0.39 is 12.0 Å². The van der Waals surface area contributed by atoms with Gasteiger partial charge in [-0.1, -0.05) is 48.5 Å². The van der Waals surface area contributed by atoms with Crippen LogP contribution in [0.4, 0.5) is 18.9 Å². The highest BCUT2D eigenvalue weighted by molar-refractivity contribution is 6.10. The molecular weight excluding hydrogens is 427 g/mol. The van der Waals surface area contributed by atoms with Crippen LogP contribution >= 0.6 is 0 Å². The zero-order chi connectivity index (χ0) is 23.2. The van der Waals surface area contributed by atoms with Crippen molar-refractivity contribution >= 4 is 33.1 Å². The molecule has 7 heteroatoms. The van der Waals surface area contributed by atoms with Crippen LogP contribution < -0.4 is 10.2 Å². The minimum Gasteiger partial charge on any atom is -0.370 e. The molecule has 0 unspecified atom stereocenters. The smallest absolute Gasteiger partial charge is 0.370 e. The highest BCUT2D eigenvalue weighted by Crippen LogP contribution is 2.31. The summed E-state index contributed by atoms with van der Waals surface area (Å²) in [5, 5.41) is 6.50. The normalized spacial score (nSPS) is 17.7. The number of nitrogens with one attached hydrogen (secondary N) is 2. The Morgan fingerprint density at radius 3 is 2.70 bits per heavy atom. The molecule has 2 atom stereocenters. The van der Waals surface area contributed by atoms with Crippen molar-refractivity contribution in [2.45, 2.75) is 31.6 Å². The van der Waals surface area contributed by atoms with E-state index in [0.717, 1.165) is 31.4 Å². The van der Waals surface area contributed by atoms with Crippen molar-refractivity contribution in [1.29, 1.82) is 0 Å². The molecule has 1 fully saturated rings. The lowest BCUT2D eigenvalue weighted by molar-refractivity contribution is -0.0884. The molecule has 1 aliphatic rings. The number of H-pyrrole nitrogens is 1. The Labute approximate surface area is 189 Å². The summed E-state index contributed by atoms with van der Waals surface area (Å²) in [6.07, 6.45) is -2.78. The van der Waals surface area contributed by atoms with Gasteiger partial charge >= 0.3 is 6.18 Å². The van der Waals surface area contributed by atoms with Crippen LogP contribution in [0.1, 0.15) is 35.3 Å². The zero-order valence-electron chi connectivity index (χ0n) is 18.1. The minimum atomic E-state index is -4.89. The van der Waals surface area contributed by atoms with Crippen molar-refractivity contribution in [2.24, 2.45) is 0 Å². The number of fused-ring (bicyclic) bond motifs is 2. The molecule has 2 heterocycles. The summed E-state index contributed by atoms with van der Waals surface area (Å²) >= 11 is 0. The SMILES string of the molecule is C[C@@H](N[C@H]1CCN(c2ccc3c(C(=O)C(F)(F)F)c[nH]c3c2)C1)c1cccc2ccccc12. The summed E-state index contributed by atoms with van der Waals surface area (Å²) in [5.74, 6) is -1.82. The fraction of sp³-hybridized carbons (Fsp3) is 0.269. The molecule has 4 aromatic rings. The molecule has 4 nitrogen and oxygen atoms in total. The molecule has 1 aromatic heterocycles. The third kappa shape index (κ3) is 4.09. The quantitative estimate of drug-likeness (QED) is 0.366. The Morgan fingerprint density at radius 1 is 1.09 bits per heavy atom. The number of hydrogen-bond acceptors (Lipinski definition) is 3. The Bertz CT molecular complexity index is 1320. The van der Waals surface area contributed by atoms with E-state index in [1.165, 1.54) is 16.3 Å². The number of benzene rings is 3. The van der Waals surface area contributed by atoms with Gasteiger partial charge in [0, 0.05) is 48.0 Å². The van der Waals surface area contributed by atoms with Gasteiger partial charge in [0.1, 0.15) is 0 Å². The lowest BCUT2D eigenvalue weighted by atomic mass is 9.99. The van der Waals surface area contributed by atoms with Gasteiger partial charge in [0.05, 0.1) is 5.56 Å². The third-order valence-electron chi connectivity index (χ3n) is 6.50. The first-order valence-electron chi connectivity index (χ1n) is 11.0. The number of Topliss-reactive ketones (excluding diaryl/α,β-unsaturated/α-hetero) is 1. The molecule has 0 bridgehead atoms. The Balaban J connectivity index is 1.30. The summed E-state index contributed by atoms with van der Waals surface area (Å²) in [6, 6.07) is 20.4. The van der Waals surface area contributed by atoms with Crippen LogP contribution in [-0.4, -0.2) is 36.1 Å². The van der Waals surface area contributed by atoms with E-state index in [4.69, 9.17) is 0 Å². The fourth-order valence-electron chi connectivity index (χ4n) is 4.85. The first kappa shape index (κ1) is 21.5. The summed E-state index contributed by atoms with van der Waals surface area (Å²) in [5.41, 5.74) is 2.38. The second-order valence-corrected chi connectivity index (χ2v) is 8.65. The van der Waals surface area contributed by atoms with Gasteiger partial charge in [-0.05, 0) is 41.8 Å². The van der Waals surface area contributed by atoms with Crippen molar-refractivity contribution in [3.8, 4) is 0 Å². The lowest BCUT2D eigenvalue weighted by Crippen LogP contribution is -2.34. The van der Waals surface area contributed by atoms with Gasteiger partial charge in [-0.25, -0.2) is 0 Å². The van der Waals surface area contributed by atoms with E-state index in [2.05, 4.69) is 58.5 Å². The zero-order valence-corrected chi connectivity index (χ0v) is 18.1. The van der Waals surface area contributed by atoms with Gasteiger partial charge < -0.3 is 15.2 Å². The molecule has 170 valence electrons. The number of aromatic nitrogens is 1. The first-order valence-corrected chi connectivity index (χ1v) is 11.0. The van der Waals surface area contributed by atoms with Crippen molar-refractivity contribution in [3.63, 3.8) is 0 Å². The standard InChI is InChI=1S/C26H24F3N3O/c1-16(20-8-4-6-17-5-2-3-7-21(17)20)31-18-11-12-32(15-18)19-9-10-22-23(14-30-24(22)13-19)25(33)26(27,28)29/h2-10,13-14,16,18,30-31H,11-12,15H2,1H3/t16-,18+/m1/s1. The van der Waals surface area contributed by atoms with Crippen LogP contribution in [0.25, 0.3) is 21.7 Å². The van der Waals surface area contributed by atoms with Crippen molar-refractivity contribution in [2.75, 3.05) is 18.0 Å². The molecule has 0 radical (unpaired) electrons. The van der Waals surface area contributed by atoms with E-state index in [9.17, 15) is 18.0 Å². The number of carbonyl (C=O) groups is 1. The Hall–Kier alpha value is -3.32. The van der Waals surface area contributed by atoms with Gasteiger partial charge in [0.15, 0.2) is 0 Å². The molecule has 5 rings (SSSR count). The molecule has 1 aliphatic heterocycles. The summed E-state index contributed by atoms with van der Waals surface area (Å²) < 4.78 is 38.5. The monoisotopic (exact) mass is 451 g/mol. The number of carbonyl (C=O) groups excluding carboxylic acids is 1. The number of anilines is 1. The van der Waals surface area contributed by atoms with Gasteiger partial charge in [-0.3, -0.25) is 4.79 Å². The molecule has 0 spiro atoms. The van der Waals surface area contributed by atoms with E-state index >= 15 is 0 Å². The maximum absolute atomic E-state index is 12.8. The van der Waals surface area contributed by atoms with Crippen LogP contribution in [0.2, 0.25) is 0 Å². The van der Waals surface area contributed by atoms with Gasteiger partial charge in [-0.2, -0.15) is 13.2 Å². The van der Waals surface area contributed by atoms with E-state index in [0.29, 0.717) is 16.9 Å². The van der Waals surface area contributed by atoms with Crippen molar-refractivity contribution in [3.05, 3.63) is 78.0 Å². The van der Waals surface area contributed by atoms with Gasteiger partial charge in [-0.15, -0.1) is 0 Å². The Kier molecular flexibility index (Phi) is 5.37. The van der Waals surface area contributed by atoms with Crippen molar-refractivity contribution in [1.82, 2.24) is 10.3 Å². The number of halogens is 3. The van der Waals surface area contributed by atoms with Crippen LogP contribution in [0, 0.1) is 0 Å². The maximum atomic E-state index is 12.8. The summed E-state index contributed by atoms with van der Waals surface area (Å²) in [7, 11) is 0. The predicted molar refractivity (Wildman–Crippen MR) is 125 cm³/mol. The van der Waals surface area contributed by atoms with Crippen LogP contribution in [-0.2, 0) is 0 Å². The molecule has 1 saturated heterocycles. The second kappa shape index (κ2) is 8.23. The first-order chi connectivity index (χ1) is 15.8. The number of rotatable bonds is 5. The van der Waals surface area contributed by atoms with Crippen LogP contribution in [0.3, 0.4) is 0 Å². The number of aromatic amines is 1. The van der Waals surface area contributed by atoms with Gasteiger partial charge in [0.2, 0.25) is 0 Å². The molecule has 0 aliphatic carbocycles. The molecule has 2 N–H and O–H groups in total. The molecular formula is C26H24F3N3O. The third-order valence-corrected chi connectivity index (χ3v) is 6.50. The van der Waals surface area contributed by atoms with Gasteiger partial charge in [0.25, 0.3) is 5.78 Å². The number of ketones is 1. The highest BCUT2D eigenvalue weighted by atomic mass is 19.4. The molecule has 3 aromatic carbocycles. The summed E-state index contributed by atoms with van der Waals surface area (Å²) in [6.45, 7) is 3.82. The predicted octanol–water partition coefficient (Wildman–Crippen LogP) is 6.00. The highest BCUT2D eigenvalue weighted by Gasteiger charge is 2.40.